The maximum Gasteiger partial charge on any atom is 0.336 e. The lowest BCUT2D eigenvalue weighted by Gasteiger charge is -2.07. The Balaban J connectivity index is 1.95. The van der Waals surface area contributed by atoms with E-state index < -0.39 is 0 Å². The maximum absolute atomic E-state index is 11.5. The molecule has 1 N–H and O–H groups in total. The summed E-state index contributed by atoms with van der Waals surface area (Å²) in [6.07, 6.45) is 0.446. The van der Waals surface area contributed by atoms with E-state index in [1.165, 1.54) is 0 Å². The highest BCUT2D eigenvalue weighted by atomic mass is 32.1. The monoisotopic (exact) mass is 356 g/mol. The van der Waals surface area contributed by atoms with E-state index in [9.17, 15) is 4.79 Å². The first kappa shape index (κ1) is 17.2. The number of ether oxygens (including phenoxy) is 1. The summed E-state index contributed by atoms with van der Waals surface area (Å²) in [6, 6.07) is 11.8. The van der Waals surface area contributed by atoms with Crippen molar-refractivity contribution in [1.29, 1.82) is 0 Å². The van der Waals surface area contributed by atoms with E-state index in [1.807, 2.05) is 62.5 Å². The molecular weight excluding hydrogens is 336 g/mol. The Morgan fingerprint density at radius 3 is 2.64 bits per heavy atom. The van der Waals surface area contributed by atoms with Gasteiger partial charge in [-0.2, -0.15) is 4.98 Å². The molecule has 0 aliphatic rings. The Morgan fingerprint density at radius 1 is 1.28 bits per heavy atom. The van der Waals surface area contributed by atoms with Crippen molar-refractivity contribution in [2.75, 3.05) is 5.32 Å². The van der Waals surface area contributed by atoms with Gasteiger partial charge in [0.1, 0.15) is 0 Å². The number of thiophene rings is 1. The number of amides is 1. The van der Waals surface area contributed by atoms with Crippen LogP contribution in [0.5, 0.6) is 6.01 Å². The maximum atomic E-state index is 11.5. The third-order valence-corrected chi connectivity index (χ3v) is 4.25. The summed E-state index contributed by atoms with van der Waals surface area (Å²) in [5.41, 5.74) is 1.61. The van der Waals surface area contributed by atoms with Gasteiger partial charge in [-0.25, -0.2) is 4.68 Å². The van der Waals surface area contributed by atoms with Gasteiger partial charge in [-0.05, 0) is 49.6 Å². The first-order valence-corrected chi connectivity index (χ1v) is 9.02. The fourth-order valence-electron chi connectivity index (χ4n) is 2.23. The van der Waals surface area contributed by atoms with E-state index in [0.717, 1.165) is 22.1 Å². The minimum Gasteiger partial charge on any atom is -0.460 e. The van der Waals surface area contributed by atoms with Gasteiger partial charge in [0.05, 0.1) is 16.7 Å². The van der Waals surface area contributed by atoms with E-state index >= 15 is 0 Å². The molecule has 3 aromatic rings. The number of carbonyl (C=O) groups excluding carboxylic acids is 1. The predicted octanol–water partition coefficient (Wildman–Crippen LogP) is 4.13. The number of nitrogens with zero attached hydrogens (tertiary/aromatic N) is 3. The standard InChI is InChI=1S/C18H20N4O2S/c1-4-16(23)19-13-7-9-14(10-8-13)22-17(15-6-5-11-25-15)20-18(21-22)24-12(2)3/h5-12H,4H2,1-3H3,(H,19,23). The van der Waals surface area contributed by atoms with Crippen LogP contribution in [0, 0.1) is 0 Å². The van der Waals surface area contributed by atoms with Crippen molar-refractivity contribution >= 4 is 22.9 Å². The molecule has 0 unspecified atom stereocenters. The molecule has 0 spiro atoms. The third kappa shape index (κ3) is 4.06. The molecule has 0 saturated carbocycles. The Hall–Kier alpha value is -2.67. The number of rotatable bonds is 6. The molecule has 25 heavy (non-hydrogen) atoms. The lowest BCUT2D eigenvalue weighted by Crippen LogP contribution is -2.09. The molecule has 0 radical (unpaired) electrons. The first-order chi connectivity index (χ1) is 12.1. The van der Waals surface area contributed by atoms with Gasteiger partial charge in [0, 0.05) is 12.1 Å². The van der Waals surface area contributed by atoms with Crippen molar-refractivity contribution in [2.24, 2.45) is 0 Å². The summed E-state index contributed by atoms with van der Waals surface area (Å²) in [6.45, 7) is 5.70. The lowest BCUT2D eigenvalue weighted by molar-refractivity contribution is -0.115. The topological polar surface area (TPSA) is 69.0 Å². The second-order valence-electron chi connectivity index (χ2n) is 5.72. The second-order valence-corrected chi connectivity index (χ2v) is 6.67. The van der Waals surface area contributed by atoms with Crippen LogP contribution in [0.25, 0.3) is 16.4 Å². The van der Waals surface area contributed by atoms with Crippen LogP contribution in [0.2, 0.25) is 0 Å². The minimum atomic E-state index is -0.0135. The molecule has 0 saturated heterocycles. The molecule has 0 aliphatic heterocycles. The van der Waals surface area contributed by atoms with Crippen molar-refractivity contribution in [1.82, 2.24) is 14.8 Å². The molecule has 2 heterocycles. The Labute approximate surface area is 150 Å². The van der Waals surface area contributed by atoms with Crippen molar-refractivity contribution in [2.45, 2.75) is 33.3 Å². The number of nitrogens with one attached hydrogen (secondary N) is 1. The zero-order chi connectivity index (χ0) is 17.8. The molecule has 0 bridgehead atoms. The highest BCUT2D eigenvalue weighted by Gasteiger charge is 2.16. The van der Waals surface area contributed by atoms with Crippen molar-refractivity contribution in [3.63, 3.8) is 0 Å². The fourth-order valence-corrected chi connectivity index (χ4v) is 2.93. The van der Waals surface area contributed by atoms with Gasteiger partial charge < -0.3 is 10.1 Å². The number of hydrogen-bond acceptors (Lipinski definition) is 5. The summed E-state index contributed by atoms with van der Waals surface area (Å²) in [4.78, 5) is 17.0. The van der Waals surface area contributed by atoms with Crippen molar-refractivity contribution < 1.29 is 9.53 Å². The van der Waals surface area contributed by atoms with Crippen LogP contribution < -0.4 is 10.1 Å². The molecule has 0 fully saturated rings. The molecule has 0 atom stereocenters. The fraction of sp³-hybridized carbons (Fsp3) is 0.278. The molecule has 0 aliphatic carbocycles. The Morgan fingerprint density at radius 2 is 2.04 bits per heavy atom. The Kier molecular flexibility index (Phi) is 5.14. The summed E-state index contributed by atoms with van der Waals surface area (Å²) in [7, 11) is 0. The number of benzene rings is 1. The third-order valence-electron chi connectivity index (χ3n) is 3.39. The van der Waals surface area contributed by atoms with E-state index in [2.05, 4.69) is 15.4 Å². The number of anilines is 1. The van der Waals surface area contributed by atoms with Crippen LogP contribution in [0.3, 0.4) is 0 Å². The molecule has 2 aromatic heterocycles. The van der Waals surface area contributed by atoms with Gasteiger partial charge in [-0.1, -0.05) is 13.0 Å². The number of aromatic nitrogens is 3. The van der Waals surface area contributed by atoms with Gasteiger partial charge in [-0.3, -0.25) is 4.79 Å². The minimum absolute atomic E-state index is 0.00123. The number of carbonyl (C=O) groups is 1. The molecule has 130 valence electrons. The van der Waals surface area contributed by atoms with Crippen molar-refractivity contribution in [3.05, 3.63) is 41.8 Å². The zero-order valence-corrected chi connectivity index (χ0v) is 15.2. The van der Waals surface area contributed by atoms with E-state index in [1.54, 1.807) is 16.0 Å². The zero-order valence-electron chi connectivity index (χ0n) is 14.4. The molecule has 7 heteroatoms. The highest BCUT2D eigenvalue weighted by molar-refractivity contribution is 7.13. The summed E-state index contributed by atoms with van der Waals surface area (Å²) in [5, 5.41) is 9.32. The number of hydrogen-bond donors (Lipinski definition) is 1. The summed E-state index contributed by atoms with van der Waals surface area (Å²) >= 11 is 1.60. The average Bonchev–Trinajstić information content (AvgIpc) is 3.24. The van der Waals surface area contributed by atoms with E-state index in [-0.39, 0.29) is 12.0 Å². The summed E-state index contributed by atoms with van der Waals surface area (Å²) < 4.78 is 7.41. The lowest BCUT2D eigenvalue weighted by atomic mass is 10.2. The van der Waals surface area contributed by atoms with Gasteiger partial charge in [0.15, 0.2) is 5.82 Å². The largest absolute Gasteiger partial charge is 0.460 e. The molecule has 6 nitrogen and oxygen atoms in total. The highest BCUT2D eigenvalue weighted by Crippen LogP contribution is 2.28. The van der Waals surface area contributed by atoms with Crippen LogP contribution in [-0.2, 0) is 4.79 Å². The van der Waals surface area contributed by atoms with Gasteiger partial charge >= 0.3 is 6.01 Å². The normalized spacial score (nSPS) is 10.9. The average molecular weight is 356 g/mol. The van der Waals surface area contributed by atoms with Crippen LogP contribution in [0.1, 0.15) is 27.2 Å². The van der Waals surface area contributed by atoms with Crippen LogP contribution in [-0.4, -0.2) is 26.8 Å². The molecular formula is C18H20N4O2S. The summed E-state index contributed by atoms with van der Waals surface area (Å²) in [5.74, 6) is 0.719. The van der Waals surface area contributed by atoms with Gasteiger partial charge in [0.2, 0.25) is 5.91 Å². The molecule has 3 rings (SSSR count). The van der Waals surface area contributed by atoms with Gasteiger partial charge in [0.25, 0.3) is 0 Å². The van der Waals surface area contributed by atoms with E-state index in [4.69, 9.17) is 4.74 Å². The second kappa shape index (κ2) is 7.48. The van der Waals surface area contributed by atoms with Crippen LogP contribution in [0.15, 0.2) is 41.8 Å². The van der Waals surface area contributed by atoms with Crippen LogP contribution in [0.4, 0.5) is 5.69 Å². The SMILES string of the molecule is CCC(=O)Nc1ccc(-n2nc(OC(C)C)nc2-c2cccs2)cc1. The Bertz CT molecular complexity index is 839. The quantitative estimate of drug-likeness (QED) is 0.721. The molecule has 1 aromatic carbocycles. The van der Waals surface area contributed by atoms with E-state index in [0.29, 0.717) is 12.4 Å². The first-order valence-electron chi connectivity index (χ1n) is 8.14. The molecule has 1 amide bonds. The smallest absolute Gasteiger partial charge is 0.336 e. The van der Waals surface area contributed by atoms with Crippen LogP contribution >= 0.6 is 11.3 Å². The van der Waals surface area contributed by atoms with Crippen molar-refractivity contribution in [3.8, 4) is 22.4 Å². The van der Waals surface area contributed by atoms with Gasteiger partial charge in [-0.15, -0.1) is 16.4 Å². The predicted molar refractivity (Wildman–Crippen MR) is 99.4 cm³/mol.